The number of nitrogens with zero attached hydrogens (tertiary/aromatic N) is 2. The van der Waals surface area contributed by atoms with Crippen molar-refractivity contribution >= 4 is 35.0 Å². The maximum absolute atomic E-state index is 13.2. The second-order valence-electron chi connectivity index (χ2n) is 15.6. The molecule has 0 radical (unpaired) electrons. The van der Waals surface area contributed by atoms with Gasteiger partial charge in [-0.25, -0.2) is 9.59 Å². The van der Waals surface area contributed by atoms with Gasteiger partial charge in [0.25, 0.3) is 0 Å². The van der Waals surface area contributed by atoms with Gasteiger partial charge in [-0.05, 0) is 44.5 Å². The lowest BCUT2D eigenvalue weighted by Gasteiger charge is -2.23. The van der Waals surface area contributed by atoms with E-state index in [0.29, 0.717) is 11.1 Å². The second-order valence-corrected chi connectivity index (χ2v) is 15.6. The molecule has 0 aromatic heterocycles. The highest BCUT2D eigenvalue weighted by Crippen LogP contribution is 2.46. The molecule has 10 heteroatoms. The van der Waals surface area contributed by atoms with E-state index in [1.165, 1.54) is 12.2 Å². The Bertz CT molecular complexity index is 2210. The number of benzene rings is 4. The number of esters is 4. The summed E-state index contributed by atoms with van der Waals surface area (Å²) in [7, 11) is 0. The van der Waals surface area contributed by atoms with Gasteiger partial charge in [-0.2, -0.15) is 10.5 Å². The van der Waals surface area contributed by atoms with E-state index in [0.717, 1.165) is 44.5 Å². The van der Waals surface area contributed by atoms with Crippen molar-refractivity contribution in [2.45, 2.75) is 40.5 Å². The number of ether oxygens (including phenoxy) is 4. The third-order valence-electron chi connectivity index (χ3n) is 9.67. The third-order valence-corrected chi connectivity index (χ3v) is 9.67. The second kappa shape index (κ2) is 17.4. The number of hydrogen-bond donors (Lipinski definition) is 0. The molecule has 0 saturated carbocycles. The van der Waals surface area contributed by atoms with Gasteiger partial charge in [0.05, 0.1) is 26.1 Å². The highest BCUT2D eigenvalue weighted by atomic mass is 16.6. The van der Waals surface area contributed by atoms with Crippen LogP contribution in [0, 0.1) is 33.5 Å². The summed E-state index contributed by atoms with van der Waals surface area (Å²) in [5, 5.41) is 20.0. The van der Waals surface area contributed by atoms with Crippen molar-refractivity contribution in [3.63, 3.8) is 0 Å². The first-order valence-corrected chi connectivity index (χ1v) is 18.8. The smallest absolute Gasteiger partial charge is 0.349 e. The van der Waals surface area contributed by atoms with Gasteiger partial charge in [-0.15, -0.1) is 0 Å². The van der Waals surface area contributed by atoms with Crippen LogP contribution < -0.4 is 0 Å². The largest absolute Gasteiger partial charge is 0.465 e. The summed E-state index contributed by atoms with van der Waals surface area (Å²) >= 11 is 0. The zero-order chi connectivity index (χ0) is 41.5. The maximum atomic E-state index is 13.2. The van der Waals surface area contributed by atoms with Gasteiger partial charge >= 0.3 is 23.9 Å². The van der Waals surface area contributed by atoms with Crippen molar-refractivity contribution in [2.75, 3.05) is 26.4 Å². The molecular weight excluding hydrogens is 733 g/mol. The van der Waals surface area contributed by atoms with Crippen LogP contribution in [0.3, 0.4) is 0 Å². The molecule has 6 rings (SSSR count). The Balaban J connectivity index is 0.927. The summed E-state index contributed by atoms with van der Waals surface area (Å²) in [6.45, 7) is 6.79. The summed E-state index contributed by atoms with van der Waals surface area (Å²) in [6.07, 6.45) is 2.81. The van der Waals surface area contributed by atoms with Gasteiger partial charge in [0.15, 0.2) is 0 Å². The van der Waals surface area contributed by atoms with E-state index in [-0.39, 0.29) is 50.4 Å². The summed E-state index contributed by atoms with van der Waals surface area (Å²) in [6, 6.07) is 34.5. The lowest BCUT2D eigenvalue weighted by Crippen LogP contribution is -2.29. The summed E-state index contributed by atoms with van der Waals surface area (Å²) in [5.74, 6) is -2.60. The number of carbonyl (C=O) groups excluding carboxylic acids is 4. The van der Waals surface area contributed by atoms with Crippen molar-refractivity contribution in [3.8, 4) is 34.4 Å². The Morgan fingerprint density at radius 2 is 0.724 bits per heavy atom. The first-order chi connectivity index (χ1) is 27.8. The van der Waals surface area contributed by atoms with E-state index in [2.05, 4.69) is 0 Å². The molecule has 0 unspecified atom stereocenters. The van der Waals surface area contributed by atoms with E-state index in [9.17, 15) is 29.7 Å². The van der Waals surface area contributed by atoms with Gasteiger partial charge < -0.3 is 18.9 Å². The molecule has 292 valence electrons. The minimum absolute atomic E-state index is 0.0493. The van der Waals surface area contributed by atoms with Crippen molar-refractivity contribution in [2.24, 2.45) is 10.8 Å². The maximum Gasteiger partial charge on any atom is 0.349 e. The number of hydrogen-bond acceptors (Lipinski definition) is 10. The van der Waals surface area contributed by atoms with E-state index in [1.54, 1.807) is 27.7 Å². The molecular formula is C48H42N2O8. The van der Waals surface area contributed by atoms with E-state index in [1.807, 2.05) is 109 Å². The fraction of sp³-hybridized carbons (Fsp3) is 0.250. The van der Waals surface area contributed by atoms with Crippen molar-refractivity contribution < 1.29 is 38.1 Å². The molecule has 4 aromatic carbocycles. The highest BCUT2D eigenvalue weighted by Gasteiger charge is 2.32. The molecule has 0 aliphatic heterocycles. The van der Waals surface area contributed by atoms with Crippen LogP contribution in [0.15, 0.2) is 120 Å². The predicted molar refractivity (Wildman–Crippen MR) is 217 cm³/mol. The Labute approximate surface area is 337 Å². The number of carbonyl (C=O) groups is 4. The number of fused-ring (bicyclic) bond motifs is 6. The summed E-state index contributed by atoms with van der Waals surface area (Å²) in [4.78, 5) is 51.4. The lowest BCUT2D eigenvalue weighted by atomic mass is 9.96. The number of nitriles is 2. The van der Waals surface area contributed by atoms with E-state index < -0.39 is 34.7 Å². The summed E-state index contributed by atoms with van der Waals surface area (Å²) < 4.78 is 22.0. The quantitative estimate of drug-likeness (QED) is 0.0346. The monoisotopic (exact) mass is 774 g/mol. The van der Waals surface area contributed by atoms with Crippen LogP contribution in [0.5, 0.6) is 0 Å². The Hall–Kier alpha value is -7.04. The molecule has 58 heavy (non-hydrogen) atoms. The Morgan fingerprint density at radius 3 is 1.00 bits per heavy atom. The average molecular weight is 775 g/mol. The van der Waals surface area contributed by atoms with E-state index >= 15 is 0 Å². The van der Waals surface area contributed by atoms with Crippen LogP contribution in [0.2, 0.25) is 0 Å². The van der Waals surface area contributed by atoms with Crippen LogP contribution in [0.25, 0.3) is 33.4 Å². The van der Waals surface area contributed by atoms with Gasteiger partial charge in [-0.1, -0.05) is 137 Å². The standard InChI is InChI=1S/C48H42N2O8/c1-47(2,29-57-45(53)39(25-49)43-35-19-9-5-15-31(35)32-16-6-10-20-36(32)43)27-55-41(51)23-13-14-24-42(52)56-28-48(3,4)30-58-46(54)40(26-50)44-37-21-11-7-17-33(37)34-18-8-12-22-38(34)44/h5-22H,23-24,27-30H2,1-4H3. The van der Waals surface area contributed by atoms with Crippen molar-refractivity contribution in [3.05, 3.63) is 143 Å². The normalized spacial score (nSPS) is 12.3. The average Bonchev–Trinajstić information content (AvgIpc) is 3.73. The zero-order valence-corrected chi connectivity index (χ0v) is 32.8. The first kappa shape index (κ1) is 40.6. The predicted octanol–water partition coefficient (Wildman–Crippen LogP) is 8.56. The van der Waals surface area contributed by atoms with Gasteiger partial charge in [0, 0.05) is 22.0 Å². The van der Waals surface area contributed by atoms with Crippen molar-refractivity contribution in [1.82, 2.24) is 0 Å². The van der Waals surface area contributed by atoms with Gasteiger partial charge in [0.1, 0.15) is 36.5 Å². The molecule has 0 atom stereocenters. The molecule has 0 N–H and O–H groups in total. The minimum atomic E-state index is -0.759. The molecule has 0 saturated heterocycles. The van der Waals surface area contributed by atoms with Crippen LogP contribution >= 0.6 is 0 Å². The first-order valence-electron chi connectivity index (χ1n) is 18.8. The van der Waals surface area contributed by atoms with Crippen molar-refractivity contribution in [1.29, 1.82) is 10.5 Å². The number of rotatable bonds is 14. The summed E-state index contributed by atoms with van der Waals surface area (Å²) in [5.41, 5.74) is 6.28. The molecule has 2 aliphatic rings. The molecule has 0 spiro atoms. The lowest BCUT2D eigenvalue weighted by molar-refractivity contribution is -0.151. The Morgan fingerprint density at radius 1 is 0.466 bits per heavy atom. The molecule has 0 bridgehead atoms. The van der Waals surface area contributed by atoms with Crippen LogP contribution in [-0.2, 0) is 38.1 Å². The Kier molecular flexibility index (Phi) is 12.2. The van der Waals surface area contributed by atoms with E-state index in [4.69, 9.17) is 18.9 Å². The van der Waals surface area contributed by atoms with Crippen LogP contribution in [-0.4, -0.2) is 50.3 Å². The van der Waals surface area contributed by atoms with Gasteiger partial charge in [0.2, 0.25) is 0 Å². The van der Waals surface area contributed by atoms with Gasteiger partial charge in [-0.3, -0.25) is 9.59 Å². The molecule has 0 heterocycles. The molecule has 0 amide bonds. The third kappa shape index (κ3) is 8.98. The fourth-order valence-corrected chi connectivity index (χ4v) is 6.76. The molecule has 4 aromatic rings. The molecule has 0 fully saturated rings. The molecule has 10 nitrogen and oxygen atoms in total. The fourth-order valence-electron chi connectivity index (χ4n) is 6.76. The zero-order valence-electron chi connectivity index (χ0n) is 32.8. The highest BCUT2D eigenvalue weighted by molar-refractivity contribution is 6.13. The SMILES string of the molecule is CC(C)(COC(=O)CC=CCC(=O)OCC(C)(C)COC(=O)C(C#N)=C1c2ccccc2-c2ccccc21)COC(=O)C(C#N)=C1c2ccccc2-c2ccccc21. The van der Waals surface area contributed by atoms with Crippen LogP contribution in [0.1, 0.15) is 62.8 Å². The minimum Gasteiger partial charge on any atom is -0.465 e. The topological polar surface area (TPSA) is 153 Å². The van der Waals surface area contributed by atoms with Crippen LogP contribution in [0.4, 0.5) is 0 Å². The molecule has 2 aliphatic carbocycles.